The summed E-state index contributed by atoms with van der Waals surface area (Å²) in [4.78, 5) is 26.8. The van der Waals surface area contributed by atoms with Gasteiger partial charge in [-0.2, -0.15) is 10.1 Å². The van der Waals surface area contributed by atoms with Crippen LogP contribution in [0.3, 0.4) is 0 Å². The topological polar surface area (TPSA) is 114 Å². The molecule has 1 aliphatic rings. The number of hydrogen-bond acceptors (Lipinski definition) is 6. The van der Waals surface area contributed by atoms with Crippen LogP contribution in [0.2, 0.25) is 0 Å². The minimum Gasteiger partial charge on any atom is -0.446 e. The van der Waals surface area contributed by atoms with Crippen LogP contribution in [0, 0.1) is 10.1 Å². The number of ether oxygens (including phenoxy) is 1. The Bertz CT molecular complexity index is 453. The van der Waals surface area contributed by atoms with Crippen molar-refractivity contribution < 1.29 is 14.5 Å². The molecule has 0 aromatic carbocycles. The normalized spacial score (nSPS) is 15.8. The van der Waals surface area contributed by atoms with E-state index in [1.54, 1.807) is 0 Å². The van der Waals surface area contributed by atoms with Crippen molar-refractivity contribution >= 4 is 18.1 Å². The third-order valence-electron chi connectivity index (χ3n) is 1.84. The molecule has 1 aromatic heterocycles. The highest BCUT2D eigenvalue weighted by Crippen LogP contribution is 2.06. The van der Waals surface area contributed by atoms with E-state index < -0.39 is 11.0 Å². The molecule has 84 valence electrons. The summed E-state index contributed by atoms with van der Waals surface area (Å²) in [7, 11) is 0. The molecule has 16 heavy (non-hydrogen) atoms. The van der Waals surface area contributed by atoms with Gasteiger partial charge in [-0.25, -0.2) is 14.8 Å². The van der Waals surface area contributed by atoms with Crippen LogP contribution in [0.5, 0.6) is 0 Å². The number of amides is 1. The quantitative estimate of drug-likeness (QED) is 0.445. The Morgan fingerprint density at radius 2 is 2.56 bits per heavy atom. The van der Waals surface area contributed by atoms with Gasteiger partial charge in [0.15, 0.2) is 0 Å². The molecule has 0 aliphatic carbocycles. The molecule has 0 spiro atoms. The molecule has 0 radical (unpaired) electrons. The molecule has 0 saturated carbocycles. The van der Waals surface area contributed by atoms with Crippen LogP contribution in [0.15, 0.2) is 11.3 Å². The highest BCUT2D eigenvalue weighted by atomic mass is 16.6. The van der Waals surface area contributed by atoms with Crippen molar-refractivity contribution in [2.45, 2.75) is 0 Å². The van der Waals surface area contributed by atoms with Gasteiger partial charge in [0.05, 0.1) is 6.54 Å². The zero-order valence-corrected chi connectivity index (χ0v) is 7.99. The molecule has 2 heterocycles. The second-order valence-electron chi connectivity index (χ2n) is 2.89. The number of aromatic amines is 1. The van der Waals surface area contributed by atoms with Crippen LogP contribution in [-0.2, 0) is 4.74 Å². The minimum atomic E-state index is -0.603. The molecule has 0 bridgehead atoms. The summed E-state index contributed by atoms with van der Waals surface area (Å²) in [5.74, 6) is -0.0307. The first-order valence-corrected chi connectivity index (χ1v) is 4.34. The zero-order chi connectivity index (χ0) is 11.5. The lowest BCUT2D eigenvalue weighted by atomic mass is 10.7. The number of nitrogens with zero attached hydrogens (tertiary/aromatic N) is 4. The maximum absolute atomic E-state index is 11.0. The first-order chi connectivity index (χ1) is 7.66. The van der Waals surface area contributed by atoms with Gasteiger partial charge < -0.3 is 14.9 Å². The van der Waals surface area contributed by atoms with Gasteiger partial charge in [-0.1, -0.05) is 0 Å². The van der Waals surface area contributed by atoms with E-state index in [-0.39, 0.29) is 18.2 Å². The standard InChI is InChI=1S/C7H7N5O4/c13-7-11(1-2-16-7)9-3-5-8-4-6(10-5)12(14)15/h3-4H,1-2H2,(H,8,10). The van der Waals surface area contributed by atoms with Crippen LogP contribution in [0.1, 0.15) is 5.82 Å². The summed E-state index contributed by atoms with van der Waals surface area (Å²) in [6, 6.07) is 0. The summed E-state index contributed by atoms with van der Waals surface area (Å²) >= 11 is 0. The van der Waals surface area contributed by atoms with E-state index in [1.807, 2.05) is 0 Å². The second kappa shape index (κ2) is 3.96. The van der Waals surface area contributed by atoms with Crippen molar-refractivity contribution in [3.05, 3.63) is 22.1 Å². The number of hydrazone groups is 1. The molecular formula is C7H7N5O4. The van der Waals surface area contributed by atoms with Crippen LogP contribution < -0.4 is 0 Å². The molecule has 1 saturated heterocycles. The van der Waals surface area contributed by atoms with Gasteiger partial charge in [-0.15, -0.1) is 0 Å². The summed E-state index contributed by atoms with van der Waals surface area (Å²) < 4.78 is 4.63. The lowest BCUT2D eigenvalue weighted by Gasteiger charge is -2.01. The molecule has 1 aromatic rings. The third-order valence-corrected chi connectivity index (χ3v) is 1.84. The summed E-state index contributed by atoms with van der Waals surface area (Å²) in [6.07, 6.45) is 1.75. The van der Waals surface area contributed by atoms with Crippen LogP contribution >= 0.6 is 0 Å². The molecule has 1 N–H and O–H groups in total. The number of H-pyrrole nitrogens is 1. The van der Waals surface area contributed by atoms with E-state index in [9.17, 15) is 14.9 Å². The Labute approximate surface area is 88.9 Å². The monoisotopic (exact) mass is 225 g/mol. The smallest absolute Gasteiger partial charge is 0.430 e. The average molecular weight is 225 g/mol. The highest BCUT2D eigenvalue weighted by Gasteiger charge is 2.21. The Balaban J connectivity index is 2.05. The lowest BCUT2D eigenvalue weighted by molar-refractivity contribution is -0.389. The van der Waals surface area contributed by atoms with Gasteiger partial charge in [0.1, 0.15) is 19.0 Å². The Morgan fingerprint density at radius 1 is 1.75 bits per heavy atom. The van der Waals surface area contributed by atoms with Crippen molar-refractivity contribution in [3.8, 4) is 0 Å². The molecule has 2 rings (SSSR count). The first-order valence-electron chi connectivity index (χ1n) is 4.34. The Hall–Kier alpha value is -2.45. The Kier molecular flexibility index (Phi) is 2.50. The van der Waals surface area contributed by atoms with E-state index in [0.29, 0.717) is 6.54 Å². The number of nitro groups is 1. The molecule has 0 unspecified atom stereocenters. The van der Waals surface area contributed by atoms with Crippen LogP contribution in [0.25, 0.3) is 0 Å². The van der Waals surface area contributed by atoms with Crippen LogP contribution in [-0.4, -0.2) is 45.4 Å². The highest BCUT2D eigenvalue weighted by molar-refractivity contribution is 5.77. The predicted octanol–water partition coefficient (Wildman–Crippen LogP) is 0.104. The van der Waals surface area contributed by atoms with Crippen molar-refractivity contribution in [2.24, 2.45) is 5.10 Å². The van der Waals surface area contributed by atoms with Crippen molar-refractivity contribution in [3.63, 3.8) is 0 Å². The lowest BCUT2D eigenvalue weighted by Crippen LogP contribution is -2.17. The first kappa shape index (κ1) is 10.1. The maximum Gasteiger partial charge on any atom is 0.430 e. The molecule has 9 heteroatoms. The molecule has 0 atom stereocenters. The number of hydrogen-bond donors (Lipinski definition) is 1. The van der Waals surface area contributed by atoms with Gasteiger partial charge in [0, 0.05) is 0 Å². The van der Waals surface area contributed by atoms with E-state index in [4.69, 9.17) is 0 Å². The van der Waals surface area contributed by atoms with Gasteiger partial charge in [0.2, 0.25) is 5.82 Å². The predicted molar refractivity (Wildman–Crippen MR) is 50.9 cm³/mol. The SMILES string of the molecule is O=C1OCCN1N=Cc1ncc([N+](=O)[O-])[nH]1. The molecule has 1 aliphatic heterocycles. The van der Waals surface area contributed by atoms with Crippen molar-refractivity contribution in [2.75, 3.05) is 13.2 Å². The number of rotatable bonds is 3. The van der Waals surface area contributed by atoms with Gasteiger partial charge in [-0.05, 0) is 4.92 Å². The Morgan fingerprint density at radius 3 is 3.12 bits per heavy atom. The zero-order valence-electron chi connectivity index (χ0n) is 7.99. The number of cyclic esters (lactones) is 1. The van der Waals surface area contributed by atoms with Crippen molar-refractivity contribution in [1.82, 2.24) is 15.0 Å². The van der Waals surface area contributed by atoms with Crippen LogP contribution in [0.4, 0.5) is 10.6 Å². The second-order valence-corrected chi connectivity index (χ2v) is 2.89. The molecule has 1 amide bonds. The van der Waals surface area contributed by atoms with E-state index in [2.05, 4.69) is 19.8 Å². The third kappa shape index (κ3) is 1.97. The number of carbonyl (C=O) groups excluding carboxylic acids is 1. The minimum absolute atomic E-state index is 0.200. The fourth-order valence-corrected chi connectivity index (χ4v) is 1.10. The largest absolute Gasteiger partial charge is 0.446 e. The summed E-state index contributed by atoms with van der Waals surface area (Å²) in [5.41, 5.74) is 0. The van der Waals surface area contributed by atoms with Crippen molar-refractivity contribution in [1.29, 1.82) is 0 Å². The number of carbonyl (C=O) groups is 1. The van der Waals surface area contributed by atoms with Gasteiger partial charge >= 0.3 is 11.9 Å². The van der Waals surface area contributed by atoms with E-state index in [0.717, 1.165) is 11.2 Å². The summed E-state index contributed by atoms with van der Waals surface area (Å²) in [5, 5.41) is 15.2. The number of aromatic nitrogens is 2. The van der Waals surface area contributed by atoms with Gasteiger partial charge in [0.25, 0.3) is 0 Å². The van der Waals surface area contributed by atoms with E-state index >= 15 is 0 Å². The molecule has 9 nitrogen and oxygen atoms in total. The number of imidazole rings is 1. The maximum atomic E-state index is 11.0. The molecular weight excluding hydrogens is 218 g/mol. The summed E-state index contributed by atoms with van der Waals surface area (Å²) in [6.45, 7) is 0.645. The van der Waals surface area contributed by atoms with Gasteiger partial charge in [-0.3, -0.25) is 0 Å². The fraction of sp³-hybridized carbons (Fsp3) is 0.286. The number of nitrogens with one attached hydrogen (secondary N) is 1. The van der Waals surface area contributed by atoms with E-state index in [1.165, 1.54) is 6.21 Å². The fourth-order valence-electron chi connectivity index (χ4n) is 1.10. The molecule has 1 fully saturated rings. The average Bonchev–Trinajstić information content (AvgIpc) is 2.83.